The molecule has 3 N–H and O–H groups in total. The molecule has 0 amide bonds. The molecule has 1 saturated heterocycles. The molecule has 19 heavy (non-hydrogen) atoms. The van der Waals surface area contributed by atoms with Gasteiger partial charge in [0.2, 0.25) is 0 Å². The molecule has 0 bridgehead atoms. The molecule has 1 aliphatic heterocycles. The molecule has 0 saturated carbocycles. The predicted molar refractivity (Wildman–Crippen MR) is 71.7 cm³/mol. The van der Waals surface area contributed by atoms with Crippen molar-refractivity contribution < 1.29 is 19.3 Å². The van der Waals surface area contributed by atoms with E-state index in [9.17, 15) is 5.11 Å². The second kappa shape index (κ2) is 6.12. The van der Waals surface area contributed by atoms with E-state index in [1.54, 1.807) is 26.4 Å². The highest BCUT2D eigenvalue weighted by Gasteiger charge is 2.27. The van der Waals surface area contributed by atoms with Crippen LogP contribution in [0.25, 0.3) is 0 Å². The topological polar surface area (TPSA) is 73.9 Å². The zero-order valence-electron chi connectivity index (χ0n) is 11.4. The van der Waals surface area contributed by atoms with Gasteiger partial charge in [-0.25, -0.2) is 0 Å². The normalized spacial score (nSPS) is 18.1. The number of hydrogen-bond acceptors (Lipinski definition) is 5. The summed E-state index contributed by atoms with van der Waals surface area (Å²) in [6.45, 7) is 1.47. The molecule has 5 nitrogen and oxygen atoms in total. The lowest BCUT2D eigenvalue weighted by Crippen LogP contribution is -2.28. The predicted octanol–water partition coefficient (Wildman–Crippen LogP) is 1.84. The lowest BCUT2D eigenvalue weighted by Gasteiger charge is -2.29. The monoisotopic (exact) mass is 267 g/mol. The van der Waals surface area contributed by atoms with E-state index in [0.29, 0.717) is 17.4 Å². The molecule has 0 spiro atoms. The van der Waals surface area contributed by atoms with Crippen LogP contribution in [0.5, 0.6) is 17.2 Å². The first kappa shape index (κ1) is 14.0. The van der Waals surface area contributed by atoms with Crippen molar-refractivity contribution in [3.8, 4) is 17.2 Å². The van der Waals surface area contributed by atoms with Crippen LogP contribution in [0.4, 0.5) is 0 Å². The average Bonchev–Trinajstić information content (AvgIpc) is 2.46. The fraction of sp³-hybridized carbons (Fsp3) is 0.571. The van der Waals surface area contributed by atoms with Crippen LogP contribution in [-0.2, 0) is 4.74 Å². The number of nitrogens with two attached hydrogens (primary N) is 1. The summed E-state index contributed by atoms with van der Waals surface area (Å²) >= 11 is 0. The Morgan fingerprint density at radius 1 is 1.21 bits per heavy atom. The van der Waals surface area contributed by atoms with E-state index in [1.165, 1.54) is 0 Å². The van der Waals surface area contributed by atoms with E-state index in [-0.39, 0.29) is 11.8 Å². The summed E-state index contributed by atoms with van der Waals surface area (Å²) in [5.41, 5.74) is 7.19. The van der Waals surface area contributed by atoms with Crippen molar-refractivity contribution in [2.24, 2.45) is 11.7 Å². The lowest BCUT2D eigenvalue weighted by molar-refractivity contribution is 0.0578. The maximum atomic E-state index is 9.65. The smallest absolute Gasteiger partial charge is 0.131 e. The third-order valence-electron chi connectivity index (χ3n) is 3.64. The van der Waals surface area contributed by atoms with Gasteiger partial charge in [0.05, 0.1) is 19.8 Å². The van der Waals surface area contributed by atoms with Gasteiger partial charge >= 0.3 is 0 Å². The van der Waals surface area contributed by atoms with Gasteiger partial charge in [0.25, 0.3) is 0 Å². The van der Waals surface area contributed by atoms with Crippen LogP contribution in [-0.4, -0.2) is 32.5 Å². The second-order valence-corrected chi connectivity index (χ2v) is 4.74. The Labute approximate surface area is 113 Å². The third-order valence-corrected chi connectivity index (χ3v) is 3.64. The minimum Gasteiger partial charge on any atom is -0.508 e. The molecule has 1 fully saturated rings. The van der Waals surface area contributed by atoms with Gasteiger partial charge in [-0.2, -0.15) is 0 Å². The number of methoxy groups -OCH3 is 2. The summed E-state index contributed by atoms with van der Waals surface area (Å²) in [5.74, 6) is 1.57. The average molecular weight is 267 g/mol. The zero-order chi connectivity index (χ0) is 13.8. The number of rotatable bonds is 4. The van der Waals surface area contributed by atoms with E-state index in [1.807, 2.05) is 0 Å². The Bertz CT molecular complexity index is 404. The first-order chi connectivity index (χ1) is 9.17. The van der Waals surface area contributed by atoms with Crippen molar-refractivity contribution in [2.45, 2.75) is 18.9 Å². The molecular weight excluding hydrogens is 246 g/mol. The van der Waals surface area contributed by atoms with Gasteiger partial charge in [-0.3, -0.25) is 0 Å². The van der Waals surface area contributed by atoms with Crippen molar-refractivity contribution >= 4 is 0 Å². The molecule has 2 rings (SSSR count). The Morgan fingerprint density at radius 2 is 1.74 bits per heavy atom. The van der Waals surface area contributed by atoms with E-state index >= 15 is 0 Å². The van der Waals surface area contributed by atoms with Gasteiger partial charge in [-0.05, 0) is 18.8 Å². The molecular formula is C14H21NO4. The van der Waals surface area contributed by atoms with Gasteiger partial charge in [-0.15, -0.1) is 0 Å². The van der Waals surface area contributed by atoms with Gasteiger partial charge in [0.15, 0.2) is 0 Å². The standard InChI is InChI=1S/C14H21NO4/c1-17-11-7-10(16)8-12(18-2)13(11)14(15)9-3-5-19-6-4-9/h7-9,14,16H,3-6,15H2,1-2H3/t14-/m1/s1. The molecule has 0 unspecified atom stereocenters. The first-order valence-electron chi connectivity index (χ1n) is 6.45. The summed E-state index contributed by atoms with van der Waals surface area (Å²) in [7, 11) is 3.13. The number of benzene rings is 1. The van der Waals surface area contributed by atoms with Crippen molar-refractivity contribution in [1.82, 2.24) is 0 Å². The Balaban J connectivity index is 2.35. The lowest BCUT2D eigenvalue weighted by atomic mass is 9.87. The van der Waals surface area contributed by atoms with Gasteiger partial charge < -0.3 is 25.1 Å². The van der Waals surface area contributed by atoms with Crippen molar-refractivity contribution in [3.05, 3.63) is 17.7 Å². The Morgan fingerprint density at radius 3 is 2.21 bits per heavy atom. The van der Waals surface area contributed by atoms with Crippen molar-refractivity contribution in [3.63, 3.8) is 0 Å². The molecule has 106 valence electrons. The van der Waals surface area contributed by atoms with Crippen LogP contribution < -0.4 is 15.2 Å². The number of phenols is 1. The van der Waals surface area contributed by atoms with Crippen LogP contribution in [0.15, 0.2) is 12.1 Å². The van der Waals surface area contributed by atoms with E-state index in [0.717, 1.165) is 31.6 Å². The van der Waals surface area contributed by atoms with Crippen molar-refractivity contribution in [2.75, 3.05) is 27.4 Å². The zero-order valence-corrected chi connectivity index (χ0v) is 11.4. The number of aromatic hydroxyl groups is 1. The van der Waals surface area contributed by atoms with E-state index < -0.39 is 0 Å². The van der Waals surface area contributed by atoms with Crippen LogP contribution in [0.2, 0.25) is 0 Å². The summed E-state index contributed by atoms with van der Waals surface area (Å²) in [5, 5.41) is 9.65. The van der Waals surface area contributed by atoms with Gasteiger partial charge in [-0.1, -0.05) is 0 Å². The molecule has 0 radical (unpaired) electrons. The highest BCUT2D eigenvalue weighted by Crippen LogP contribution is 2.41. The molecule has 1 atom stereocenters. The molecule has 0 aliphatic carbocycles. The molecule has 1 aliphatic rings. The van der Waals surface area contributed by atoms with Crippen LogP contribution in [0, 0.1) is 5.92 Å². The molecule has 1 aromatic carbocycles. The third kappa shape index (κ3) is 2.93. The maximum absolute atomic E-state index is 9.65. The number of ether oxygens (including phenoxy) is 3. The van der Waals surface area contributed by atoms with Gasteiger partial charge in [0, 0.05) is 31.4 Å². The second-order valence-electron chi connectivity index (χ2n) is 4.74. The quantitative estimate of drug-likeness (QED) is 0.870. The molecule has 1 aromatic rings. The molecule has 1 heterocycles. The molecule has 0 aromatic heterocycles. The minimum atomic E-state index is -0.186. The summed E-state index contributed by atoms with van der Waals surface area (Å²) in [6.07, 6.45) is 1.85. The maximum Gasteiger partial charge on any atom is 0.131 e. The van der Waals surface area contributed by atoms with Gasteiger partial charge in [0.1, 0.15) is 17.2 Å². The highest BCUT2D eigenvalue weighted by atomic mass is 16.5. The summed E-state index contributed by atoms with van der Waals surface area (Å²) in [4.78, 5) is 0. The minimum absolute atomic E-state index is 0.108. The summed E-state index contributed by atoms with van der Waals surface area (Å²) < 4.78 is 16.0. The fourth-order valence-corrected chi connectivity index (χ4v) is 2.56. The molecule has 5 heteroatoms. The number of phenolic OH excluding ortho intramolecular Hbond substituents is 1. The SMILES string of the molecule is COc1cc(O)cc(OC)c1[C@H](N)C1CCOCC1. The highest BCUT2D eigenvalue weighted by molar-refractivity contribution is 5.52. The van der Waals surface area contributed by atoms with Crippen LogP contribution in [0.1, 0.15) is 24.4 Å². The van der Waals surface area contributed by atoms with Crippen LogP contribution >= 0.6 is 0 Å². The first-order valence-corrected chi connectivity index (χ1v) is 6.45. The van der Waals surface area contributed by atoms with Crippen LogP contribution in [0.3, 0.4) is 0 Å². The fourth-order valence-electron chi connectivity index (χ4n) is 2.56. The Hall–Kier alpha value is -1.46. The largest absolute Gasteiger partial charge is 0.508 e. The summed E-state index contributed by atoms with van der Waals surface area (Å²) in [6, 6.07) is 2.95. The van der Waals surface area contributed by atoms with Crippen molar-refractivity contribution in [1.29, 1.82) is 0 Å². The van der Waals surface area contributed by atoms with E-state index in [4.69, 9.17) is 19.9 Å². The van der Waals surface area contributed by atoms with E-state index in [2.05, 4.69) is 0 Å². The Kier molecular flexibility index (Phi) is 4.50. The number of hydrogen-bond donors (Lipinski definition) is 2.